The fourth-order valence-corrected chi connectivity index (χ4v) is 4.37. The van der Waals surface area contributed by atoms with Crippen LogP contribution in [-0.2, 0) is 0 Å². The van der Waals surface area contributed by atoms with Crippen LogP contribution in [0.3, 0.4) is 0 Å². The van der Waals surface area contributed by atoms with Gasteiger partial charge in [-0.1, -0.05) is 81.4 Å². The van der Waals surface area contributed by atoms with E-state index in [9.17, 15) is 0 Å². The van der Waals surface area contributed by atoms with Gasteiger partial charge in [0.15, 0.2) is 0 Å². The monoisotopic (exact) mass is 344 g/mol. The predicted octanol–water partition coefficient (Wildman–Crippen LogP) is 6.56. The van der Waals surface area contributed by atoms with Crippen LogP contribution < -0.4 is 5.30 Å². The fourth-order valence-electron chi connectivity index (χ4n) is 3.30. The van der Waals surface area contributed by atoms with Crippen molar-refractivity contribution in [2.45, 2.75) is 27.7 Å². The van der Waals surface area contributed by atoms with Crippen LogP contribution in [0, 0.1) is 27.7 Å². The summed E-state index contributed by atoms with van der Waals surface area (Å²) in [6, 6.07) is 22.0. The van der Waals surface area contributed by atoms with E-state index in [1.807, 2.05) is 0 Å². The first-order valence-corrected chi connectivity index (χ1v) is 9.66. The lowest BCUT2D eigenvalue weighted by Gasteiger charge is -2.13. The molecule has 126 valence electrons. The van der Waals surface area contributed by atoms with Gasteiger partial charge in [-0.2, -0.15) is 0 Å². The van der Waals surface area contributed by atoms with Crippen molar-refractivity contribution in [3.8, 4) is 11.1 Å². The Bertz CT molecular complexity index is 897. The highest BCUT2D eigenvalue weighted by Crippen LogP contribution is 2.34. The first-order valence-electron chi connectivity index (χ1n) is 8.66. The van der Waals surface area contributed by atoms with Crippen molar-refractivity contribution in [3.63, 3.8) is 0 Å². The van der Waals surface area contributed by atoms with Crippen LogP contribution in [-0.4, -0.2) is 0 Å². The van der Waals surface area contributed by atoms with Crippen molar-refractivity contribution in [1.82, 2.24) is 0 Å². The largest absolute Gasteiger partial charge is 0.0906 e. The Kier molecular flexibility index (Phi) is 5.21. The number of benzene rings is 3. The lowest BCUT2D eigenvalue weighted by atomic mass is 9.95. The van der Waals surface area contributed by atoms with Gasteiger partial charge >= 0.3 is 0 Å². The third-order valence-corrected chi connectivity index (χ3v) is 6.09. The van der Waals surface area contributed by atoms with E-state index in [-0.39, 0.29) is 0 Å². The van der Waals surface area contributed by atoms with Gasteiger partial charge in [0, 0.05) is 0 Å². The molecule has 0 heterocycles. The molecule has 3 rings (SSSR count). The van der Waals surface area contributed by atoms with Gasteiger partial charge in [-0.25, -0.2) is 0 Å². The number of rotatable bonds is 4. The zero-order chi connectivity index (χ0) is 18.0. The number of hydrogen-bond donors (Lipinski definition) is 0. The molecule has 0 fully saturated rings. The molecule has 0 N–H and O–H groups in total. The highest BCUT2D eigenvalue weighted by molar-refractivity contribution is 7.58. The third-order valence-electron chi connectivity index (χ3n) is 4.67. The van der Waals surface area contributed by atoms with Gasteiger partial charge in [0.2, 0.25) is 0 Å². The second kappa shape index (κ2) is 7.38. The van der Waals surface area contributed by atoms with E-state index in [0.29, 0.717) is 8.58 Å². The molecule has 0 nitrogen and oxygen atoms in total. The van der Waals surface area contributed by atoms with E-state index in [1.54, 1.807) is 0 Å². The molecule has 1 atom stereocenters. The molecule has 0 saturated carbocycles. The minimum atomic E-state index is 0.615. The van der Waals surface area contributed by atoms with Gasteiger partial charge in [0.1, 0.15) is 0 Å². The van der Waals surface area contributed by atoms with Crippen LogP contribution in [0.5, 0.6) is 0 Å². The summed E-state index contributed by atoms with van der Waals surface area (Å²) in [5.74, 6) is 0. The molecule has 0 aliphatic heterocycles. The van der Waals surface area contributed by atoms with Crippen molar-refractivity contribution in [2.24, 2.45) is 0 Å². The number of aryl methyl sites for hydroxylation is 4. The molecule has 0 amide bonds. The summed E-state index contributed by atoms with van der Waals surface area (Å²) < 4.78 is 0. The maximum Gasteiger partial charge on any atom is -0.0125 e. The quantitative estimate of drug-likeness (QED) is 0.470. The van der Waals surface area contributed by atoms with Gasteiger partial charge in [-0.05, 0) is 71.7 Å². The van der Waals surface area contributed by atoms with Gasteiger partial charge in [0.25, 0.3) is 0 Å². The molecule has 0 aliphatic rings. The van der Waals surface area contributed by atoms with Gasteiger partial charge in [-0.15, -0.1) is 0 Å². The molecule has 0 bridgehead atoms. The standard InChI is InChI=1S/C24H25P/c1-16-9-14-23(19(4)15-16)25-20(5)21-10-12-22(13-11-21)24-17(2)7-6-8-18(24)3/h6-15,25H,5H2,1-4H3. The van der Waals surface area contributed by atoms with Crippen molar-refractivity contribution in [2.75, 3.05) is 0 Å². The highest BCUT2D eigenvalue weighted by Gasteiger charge is 2.07. The SMILES string of the molecule is C=C(Pc1ccc(C)cc1C)c1ccc(-c2c(C)cccc2C)cc1. The maximum absolute atomic E-state index is 4.33. The van der Waals surface area contributed by atoms with Crippen LogP contribution in [0.15, 0.2) is 67.2 Å². The fraction of sp³-hybridized carbons (Fsp3) is 0.167. The summed E-state index contributed by atoms with van der Waals surface area (Å²) in [5.41, 5.74) is 9.17. The summed E-state index contributed by atoms with van der Waals surface area (Å²) in [6.45, 7) is 13.0. The lowest BCUT2D eigenvalue weighted by Crippen LogP contribution is -2.00. The smallest absolute Gasteiger partial charge is 0.0125 e. The summed E-state index contributed by atoms with van der Waals surface area (Å²) in [6.07, 6.45) is 0. The Morgan fingerprint density at radius 2 is 1.40 bits per heavy atom. The van der Waals surface area contributed by atoms with E-state index >= 15 is 0 Å². The summed E-state index contributed by atoms with van der Waals surface area (Å²) in [5, 5.41) is 2.58. The van der Waals surface area contributed by atoms with E-state index < -0.39 is 0 Å². The molecular formula is C24H25P. The van der Waals surface area contributed by atoms with Crippen molar-refractivity contribution < 1.29 is 0 Å². The van der Waals surface area contributed by atoms with Gasteiger partial charge in [0.05, 0.1) is 0 Å². The molecule has 1 heteroatoms. The van der Waals surface area contributed by atoms with E-state index in [2.05, 4.69) is 94.9 Å². The molecule has 1 unspecified atom stereocenters. The van der Waals surface area contributed by atoms with E-state index in [0.717, 1.165) is 0 Å². The molecule has 3 aromatic carbocycles. The van der Waals surface area contributed by atoms with Crippen LogP contribution in [0.2, 0.25) is 0 Å². The minimum absolute atomic E-state index is 0.615. The number of hydrogen-bond acceptors (Lipinski definition) is 0. The van der Waals surface area contributed by atoms with Crippen LogP contribution in [0.1, 0.15) is 27.8 Å². The molecule has 0 aromatic heterocycles. The average Bonchev–Trinajstić information content (AvgIpc) is 2.58. The lowest BCUT2D eigenvalue weighted by molar-refractivity contribution is 1.38. The second-order valence-corrected chi connectivity index (χ2v) is 8.16. The normalized spacial score (nSPS) is 11.2. The van der Waals surface area contributed by atoms with E-state index in [4.69, 9.17) is 0 Å². The Morgan fingerprint density at radius 1 is 0.760 bits per heavy atom. The minimum Gasteiger partial charge on any atom is -0.0906 e. The average molecular weight is 344 g/mol. The van der Waals surface area contributed by atoms with Crippen LogP contribution >= 0.6 is 8.58 Å². The van der Waals surface area contributed by atoms with Crippen molar-refractivity contribution in [3.05, 3.63) is 95.1 Å². The van der Waals surface area contributed by atoms with Crippen molar-refractivity contribution >= 4 is 19.2 Å². The molecule has 25 heavy (non-hydrogen) atoms. The van der Waals surface area contributed by atoms with Gasteiger partial charge in [-0.3, -0.25) is 0 Å². The highest BCUT2D eigenvalue weighted by atomic mass is 31.1. The second-order valence-electron chi connectivity index (χ2n) is 6.77. The topological polar surface area (TPSA) is 0 Å². The Labute approximate surface area is 153 Å². The predicted molar refractivity (Wildman–Crippen MR) is 114 cm³/mol. The Morgan fingerprint density at radius 3 is 2.00 bits per heavy atom. The molecule has 0 radical (unpaired) electrons. The maximum atomic E-state index is 4.33. The van der Waals surface area contributed by atoms with Crippen molar-refractivity contribution in [1.29, 1.82) is 0 Å². The third kappa shape index (κ3) is 3.91. The summed E-state index contributed by atoms with van der Waals surface area (Å²) >= 11 is 0. The first-order chi connectivity index (χ1) is 12.0. The Balaban J connectivity index is 1.83. The summed E-state index contributed by atoms with van der Waals surface area (Å²) in [7, 11) is 0.615. The zero-order valence-electron chi connectivity index (χ0n) is 15.5. The zero-order valence-corrected chi connectivity index (χ0v) is 16.5. The molecular weight excluding hydrogens is 319 g/mol. The molecule has 0 spiro atoms. The molecule has 0 saturated heterocycles. The molecule has 3 aromatic rings. The molecule has 0 aliphatic carbocycles. The van der Waals surface area contributed by atoms with Gasteiger partial charge < -0.3 is 0 Å². The van der Waals surface area contributed by atoms with Crippen LogP contribution in [0.25, 0.3) is 16.4 Å². The van der Waals surface area contributed by atoms with Crippen LogP contribution in [0.4, 0.5) is 0 Å². The van der Waals surface area contributed by atoms with E-state index in [1.165, 1.54) is 49.6 Å². The Hall–Kier alpha value is -2.17. The first kappa shape index (κ1) is 17.6. The summed E-state index contributed by atoms with van der Waals surface area (Å²) in [4.78, 5) is 0.